The third-order valence-electron chi connectivity index (χ3n) is 2.05. The highest BCUT2D eigenvalue weighted by molar-refractivity contribution is 7.12. The van der Waals surface area contributed by atoms with Crippen molar-refractivity contribution in [2.45, 2.75) is 0 Å². The fraction of sp³-hybridized carbons (Fsp3) is 0.0833. The van der Waals surface area contributed by atoms with Gasteiger partial charge in [0.15, 0.2) is 6.61 Å². The first kappa shape index (κ1) is 12.4. The molecule has 0 unspecified atom stereocenters. The molecule has 0 aliphatic heterocycles. The number of hydrogen-bond acceptors (Lipinski definition) is 3. The summed E-state index contributed by atoms with van der Waals surface area (Å²) in [4.78, 5) is 12.3. The molecule has 0 saturated carbocycles. The summed E-state index contributed by atoms with van der Waals surface area (Å²) >= 11 is 13.1. The van der Waals surface area contributed by atoms with Crippen LogP contribution in [0.1, 0.15) is 9.67 Å². The average molecular weight is 287 g/mol. The molecule has 0 spiro atoms. The van der Waals surface area contributed by atoms with Crippen LogP contribution in [-0.2, 0) is 0 Å². The molecule has 1 aromatic carbocycles. The van der Waals surface area contributed by atoms with E-state index in [2.05, 4.69) is 0 Å². The van der Waals surface area contributed by atoms with Gasteiger partial charge >= 0.3 is 0 Å². The number of thiophene rings is 1. The summed E-state index contributed by atoms with van der Waals surface area (Å²) in [6, 6.07) is 8.48. The van der Waals surface area contributed by atoms with Gasteiger partial charge in [0, 0.05) is 5.02 Å². The molecule has 0 radical (unpaired) electrons. The number of Topliss-reactive ketones (excluding diaryl/α,β-unsaturated/α-hetero) is 1. The summed E-state index contributed by atoms with van der Waals surface area (Å²) in [7, 11) is 0. The van der Waals surface area contributed by atoms with Crippen LogP contribution in [0.2, 0.25) is 10.0 Å². The summed E-state index contributed by atoms with van der Waals surface area (Å²) in [5.41, 5.74) is 0. The van der Waals surface area contributed by atoms with Crippen molar-refractivity contribution < 1.29 is 9.53 Å². The molecule has 88 valence electrons. The van der Waals surface area contributed by atoms with Crippen LogP contribution in [0.25, 0.3) is 0 Å². The highest BCUT2D eigenvalue weighted by atomic mass is 35.5. The van der Waals surface area contributed by atoms with Crippen LogP contribution in [0, 0.1) is 0 Å². The number of carbonyl (C=O) groups is 1. The monoisotopic (exact) mass is 286 g/mol. The molecule has 0 saturated heterocycles. The predicted octanol–water partition coefficient (Wildman–Crippen LogP) is 4.32. The van der Waals surface area contributed by atoms with E-state index in [1.807, 2.05) is 11.4 Å². The highest BCUT2D eigenvalue weighted by Gasteiger charge is 2.09. The molecular weight excluding hydrogens is 279 g/mol. The van der Waals surface area contributed by atoms with Crippen molar-refractivity contribution in [2.75, 3.05) is 6.61 Å². The van der Waals surface area contributed by atoms with E-state index in [4.69, 9.17) is 27.9 Å². The van der Waals surface area contributed by atoms with Gasteiger partial charge in [0.25, 0.3) is 0 Å². The zero-order chi connectivity index (χ0) is 12.3. The topological polar surface area (TPSA) is 26.3 Å². The number of benzene rings is 1. The Morgan fingerprint density at radius 1 is 1.29 bits per heavy atom. The molecule has 0 amide bonds. The zero-order valence-corrected chi connectivity index (χ0v) is 11.0. The summed E-state index contributed by atoms with van der Waals surface area (Å²) in [5.74, 6) is 0.395. The third-order valence-corrected chi connectivity index (χ3v) is 3.49. The van der Waals surface area contributed by atoms with Crippen molar-refractivity contribution >= 4 is 40.3 Å². The van der Waals surface area contributed by atoms with Gasteiger partial charge in [-0.3, -0.25) is 4.79 Å². The molecule has 0 N–H and O–H groups in total. The first-order valence-corrected chi connectivity index (χ1v) is 6.45. The molecule has 5 heteroatoms. The van der Waals surface area contributed by atoms with Gasteiger partial charge in [0.2, 0.25) is 5.78 Å². The Hall–Kier alpha value is -1.03. The lowest BCUT2D eigenvalue weighted by Crippen LogP contribution is -2.10. The van der Waals surface area contributed by atoms with Gasteiger partial charge in [-0.05, 0) is 29.6 Å². The second-order valence-electron chi connectivity index (χ2n) is 3.26. The Bertz CT molecular complexity index is 523. The second kappa shape index (κ2) is 5.54. The van der Waals surface area contributed by atoms with Crippen molar-refractivity contribution in [1.82, 2.24) is 0 Å². The molecule has 2 nitrogen and oxygen atoms in total. The summed E-state index contributed by atoms with van der Waals surface area (Å²) in [6.07, 6.45) is 0. The Labute approximate surface area is 113 Å². The van der Waals surface area contributed by atoms with Gasteiger partial charge < -0.3 is 4.74 Å². The van der Waals surface area contributed by atoms with Crippen molar-refractivity contribution in [2.24, 2.45) is 0 Å². The summed E-state index contributed by atoms with van der Waals surface area (Å²) in [6.45, 7) is -0.0259. The average Bonchev–Trinajstić information content (AvgIpc) is 2.81. The van der Waals surface area contributed by atoms with Gasteiger partial charge in [-0.1, -0.05) is 29.3 Å². The maximum atomic E-state index is 11.7. The smallest absolute Gasteiger partial charge is 0.210 e. The molecular formula is C12H8Cl2O2S. The van der Waals surface area contributed by atoms with Gasteiger partial charge in [-0.15, -0.1) is 11.3 Å². The number of ketones is 1. The van der Waals surface area contributed by atoms with Crippen LogP contribution in [0.15, 0.2) is 35.7 Å². The Morgan fingerprint density at radius 2 is 2.12 bits per heavy atom. The normalized spacial score (nSPS) is 10.2. The van der Waals surface area contributed by atoms with Crippen molar-refractivity contribution in [3.63, 3.8) is 0 Å². The standard InChI is InChI=1S/C12H8Cl2O2S/c13-8-3-4-11(9(14)6-8)16-7-10(15)12-2-1-5-17-12/h1-6H,7H2. The van der Waals surface area contributed by atoms with Gasteiger partial charge in [0.05, 0.1) is 9.90 Å². The third kappa shape index (κ3) is 3.22. The minimum absolute atomic E-state index is 0.0259. The van der Waals surface area contributed by atoms with E-state index in [0.29, 0.717) is 20.7 Å². The van der Waals surface area contributed by atoms with Gasteiger partial charge in [-0.2, -0.15) is 0 Å². The van der Waals surface area contributed by atoms with Crippen LogP contribution in [0.5, 0.6) is 5.75 Å². The van der Waals surface area contributed by atoms with Crippen LogP contribution in [0.3, 0.4) is 0 Å². The molecule has 0 fully saturated rings. The molecule has 2 rings (SSSR count). The molecule has 0 aliphatic carbocycles. The quantitative estimate of drug-likeness (QED) is 0.783. The van der Waals surface area contributed by atoms with Crippen molar-refractivity contribution in [3.8, 4) is 5.75 Å². The lowest BCUT2D eigenvalue weighted by atomic mass is 10.3. The van der Waals surface area contributed by atoms with Crippen molar-refractivity contribution in [3.05, 3.63) is 50.6 Å². The minimum atomic E-state index is -0.0639. The highest BCUT2D eigenvalue weighted by Crippen LogP contribution is 2.27. The van der Waals surface area contributed by atoms with E-state index in [0.717, 1.165) is 0 Å². The lowest BCUT2D eigenvalue weighted by Gasteiger charge is -2.06. The fourth-order valence-corrected chi connectivity index (χ4v) is 2.36. The van der Waals surface area contributed by atoms with Crippen LogP contribution in [0.4, 0.5) is 0 Å². The van der Waals surface area contributed by atoms with Crippen LogP contribution in [-0.4, -0.2) is 12.4 Å². The molecule has 17 heavy (non-hydrogen) atoms. The molecule has 0 aliphatic rings. The van der Waals surface area contributed by atoms with E-state index in [-0.39, 0.29) is 12.4 Å². The minimum Gasteiger partial charge on any atom is -0.484 e. The van der Waals surface area contributed by atoms with E-state index in [1.165, 1.54) is 11.3 Å². The van der Waals surface area contributed by atoms with E-state index in [9.17, 15) is 4.79 Å². The second-order valence-corrected chi connectivity index (χ2v) is 5.06. The van der Waals surface area contributed by atoms with Crippen molar-refractivity contribution in [1.29, 1.82) is 0 Å². The van der Waals surface area contributed by atoms with Gasteiger partial charge in [-0.25, -0.2) is 0 Å². The molecule has 0 atom stereocenters. The fourth-order valence-electron chi connectivity index (χ4n) is 1.24. The first-order valence-electron chi connectivity index (χ1n) is 4.81. The Kier molecular flexibility index (Phi) is 4.05. The molecule has 0 bridgehead atoms. The first-order chi connectivity index (χ1) is 8.16. The summed E-state index contributed by atoms with van der Waals surface area (Å²) in [5, 5.41) is 2.78. The van der Waals surface area contributed by atoms with Gasteiger partial charge in [0.1, 0.15) is 5.75 Å². The molecule has 2 aromatic rings. The van der Waals surface area contributed by atoms with E-state index < -0.39 is 0 Å². The number of carbonyl (C=O) groups excluding carboxylic acids is 1. The van der Waals surface area contributed by atoms with Crippen LogP contribution < -0.4 is 4.74 Å². The zero-order valence-electron chi connectivity index (χ0n) is 8.65. The van der Waals surface area contributed by atoms with Crippen LogP contribution >= 0.6 is 34.5 Å². The largest absolute Gasteiger partial charge is 0.484 e. The number of rotatable bonds is 4. The summed E-state index contributed by atoms with van der Waals surface area (Å²) < 4.78 is 5.34. The Balaban J connectivity index is 2.01. The lowest BCUT2D eigenvalue weighted by molar-refractivity contribution is 0.0926. The predicted molar refractivity (Wildman–Crippen MR) is 70.6 cm³/mol. The SMILES string of the molecule is O=C(COc1ccc(Cl)cc1Cl)c1cccs1. The maximum Gasteiger partial charge on any atom is 0.210 e. The molecule has 1 heterocycles. The molecule has 1 aromatic heterocycles. The number of halogens is 2. The van der Waals surface area contributed by atoms with E-state index in [1.54, 1.807) is 24.3 Å². The number of hydrogen-bond donors (Lipinski definition) is 0. The Morgan fingerprint density at radius 3 is 2.76 bits per heavy atom. The van der Waals surface area contributed by atoms with E-state index >= 15 is 0 Å². The maximum absolute atomic E-state index is 11.7. The number of ether oxygens (including phenoxy) is 1.